The summed E-state index contributed by atoms with van der Waals surface area (Å²) in [5, 5.41) is 0. The van der Waals surface area contributed by atoms with Crippen molar-refractivity contribution in [3.8, 4) is 0 Å². The van der Waals surface area contributed by atoms with Crippen molar-refractivity contribution in [1.29, 1.82) is 0 Å². The Morgan fingerprint density at radius 3 is 2.20 bits per heavy atom. The second-order valence-corrected chi connectivity index (χ2v) is 6.32. The van der Waals surface area contributed by atoms with Gasteiger partial charge in [-0.25, -0.2) is 0 Å². The zero-order chi connectivity index (χ0) is 13.8. The van der Waals surface area contributed by atoms with Gasteiger partial charge >= 0.3 is 0 Å². The highest BCUT2D eigenvalue weighted by Gasteiger charge is 2.33. The molecule has 0 bridgehead atoms. The molecule has 2 N–H and O–H groups in total. The molecule has 3 atom stereocenters. The molecule has 2 rings (SSSR count). The first kappa shape index (κ1) is 17.7. The zero-order valence-corrected chi connectivity index (χ0v) is 13.7. The van der Waals surface area contributed by atoms with Crippen LogP contribution in [0.4, 0.5) is 0 Å². The summed E-state index contributed by atoms with van der Waals surface area (Å²) < 4.78 is 0. The molecule has 2 aliphatic heterocycles. The molecule has 0 aliphatic carbocycles. The van der Waals surface area contributed by atoms with Gasteiger partial charge in [0, 0.05) is 25.7 Å². The summed E-state index contributed by atoms with van der Waals surface area (Å²) in [5.74, 6) is 0.881. The lowest BCUT2D eigenvalue weighted by molar-refractivity contribution is -0.136. The second kappa shape index (κ2) is 8.20. The Hall–Kier alpha value is -0.320. The van der Waals surface area contributed by atoms with Gasteiger partial charge in [0.05, 0.1) is 6.04 Å². The molecule has 0 aromatic rings. The number of hydrogen-bond acceptors (Lipinski definition) is 3. The van der Waals surface area contributed by atoms with Crippen LogP contribution in [0.25, 0.3) is 0 Å². The van der Waals surface area contributed by atoms with Crippen LogP contribution in [0.2, 0.25) is 0 Å². The topological polar surface area (TPSA) is 49.6 Å². The van der Waals surface area contributed by atoms with Crippen LogP contribution < -0.4 is 5.73 Å². The van der Waals surface area contributed by atoms with Gasteiger partial charge in [-0.05, 0) is 45.6 Å². The summed E-state index contributed by atoms with van der Waals surface area (Å²) in [6.45, 7) is 8.05. The highest BCUT2D eigenvalue weighted by Crippen LogP contribution is 2.22. The summed E-state index contributed by atoms with van der Waals surface area (Å²) >= 11 is 0. The van der Waals surface area contributed by atoms with Crippen molar-refractivity contribution in [1.82, 2.24) is 9.80 Å². The minimum atomic E-state index is 0. The Morgan fingerprint density at radius 1 is 1.10 bits per heavy atom. The van der Waals surface area contributed by atoms with Crippen molar-refractivity contribution in [2.24, 2.45) is 11.7 Å². The number of nitrogens with two attached hydrogens (primary N) is 1. The van der Waals surface area contributed by atoms with Crippen LogP contribution >= 0.6 is 12.4 Å². The van der Waals surface area contributed by atoms with Crippen LogP contribution in [0.15, 0.2) is 0 Å². The number of halogens is 1. The van der Waals surface area contributed by atoms with Gasteiger partial charge in [-0.15, -0.1) is 12.4 Å². The van der Waals surface area contributed by atoms with Crippen molar-refractivity contribution in [3.05, 3.63) is 0 Å². The quantitative estimate of drug-likeness (QED) is 0.866. The van der Waals surface area contributed by atoms with Crippen LogP contribution in [-0.4, -0.2) is 54.0 Å². The molecule has 0 aromatic carbocycles. The summed E-state index contributed by atoms with van der Waals surface area (Å²) in [7, 11) is 0. The minimum Gasteiger partial charge on any atom is -0.341 e. The highest BCUT2D eigenvalue weighted by molar-refractivity contribution is 5.85. The van der Waals surface area contributed by atoms with E-state index in [1.807, 2.05) is 0 Å². The molecule has 0 radical (unpaired) electrons. The number of carbonyl (C=O) groups is 1. The Morgan fingerprint density at radius 2 is 1.70 bits per heavy atom. The summed E-state index contributed by atoms with van der Waals surface area (Å²) in [6.07, 6.45) is 6.01. The molecule has 2 fully saturated rings. The first-order valence-electron chi connectivity index (χ1n) is 7.88. The van der Waals surface area contributed by atoms with Crippen molar-refractivity contribution in [3.63, 3.8) is 0 Å². The Bertz CT molecular complexity index is 303. The van der Waals surface area contributed by atoms with Gasteiger partial charge in [0.15, 0.2) is 0 Å². The van der Waals surface area contributed by atoms with Crippen LogP contribution in [0.5, 0.6) is 0 Å². The molecule has 0 spiro atoms. The molecular formula is C15H30ClN3O. The van der Waals surface area contributed by atoms with E-state index in [1.165, 1.54) is 25.7 Å². The number of carbonyl (C=O) groups excluding carboxylic acids is 1. The first-order valence-corrected chi connectivity index (χ1v) is 7.88. The number of rotatable bonds is 3. The second-order valence-electron chi connectivity index (χ2n) is 6.32. The normalized spacial score (nSPS) is 27.6. The van der Waals surface area contributed by atoms with Crippen LogP contribution in [-0.2, 0) is 4.79 Å². The number of hydrogen-bond donors (Lipinski definition) is 1. The monoisotopic (exact) mass is 303 g/mol. The molecule has 118 valence electrons. The average Bonchev–Trinajstić information content (AvgIpc) is 2.73. The minimum absolute atomic E-state index is 0. The first-order chi connectivity index (χ1) is 9.09. The summed E-state index contributed by atoms with van der Waals surface area (Å²) in [6, 6.07) is 0.271. The SMILES string of the molecule is CC(N)C1CCN(C(C)C(=O)N2CCCCCC2)C1.Cl. The van der Waals surface area contributed by atoms with Gasteiger partial charge in [-0.3, -0.25) is 9.69 Å². The fourth-order valence-electron chi connectivity index (χ4n) is 3.31. The lowest BCUT2D eigenvalue weighted by Gasteiger charge is -2.30. The highest BCUT2D eigenvalue weighted by atomic mass is 35.5. The maximum atomic E-state index is 12.6. The molecule has 0 aromatic heterocycles. The number of nitrogens with zero attached hydrogens (tertiary/aromatic N) is 2. The van der Waals surface area contributed by atoms with Gasteiger partial charge in [-0.1, -0.05) is 12.8 Å². The van der Waals surface area contributed by atoms with Crippen LogP contribution in [0, 0.1) is 5.92 Å². The molecule has 2 heterocycles. The summed E-state index contributed by atoms with van der Waals surface area (Å²) in [5.41, 5.74) is 5.98. The predicted molar refractivity (Wildman–Crippen MR) is 85.1 cm³/mol. The third kappa shape index (κ3) is 4.34. The standard InChI is InChI=1S/C15H29N3O.ClH/c1-12(16)14-7-10-18(11-14)13(2)15(19)17-8-5-3-4-6-9-17;/h12-14H,3-11,16H2,1-2H3;1H. The maximum Gasteiger partial charge on any atom is 0.239 e. The fourth-order valence-corrected chi connectivity index (χ4v) is 3.31. The molecule has 4 nitrogen and oxygen atoms in total. The molecule has 2 saturated heterocycles. The molecule has 3 unspecified atom stereocenters. The van der Waals surface area contributed by atoms with E-state index in [9.17, 15) is 4.79 Å². The molecule has 0 saturated carbocycles. The molecule has 1 amide bonds. The third-order valence-electron chi connectivity index (χ3n) is 4.82. The Labute approximate surface area is 129 Å². The van der Waals surface area contributed by atoms with E-state index >= 15 is 0 Å². The van der Waals surface area contributed by atoms with Gasteiger partial charge in [-0.2, -0.15) is 0 Å². The van der Waals surface area contributed by atoms with Gasteiger partial charge in [0.25, 0.3) is 0 Å². The Balaban J connectivity index is 0.00000200. The predicted octanol–water partition coefficient (Wildman–Crippen LogP) is 1.87. The van der Waals surface area contributed by atoms with Crippen molar-refractivity contribution < 1.29 is 4.79 Å². The number of likely N-dealkylation sites (tertiary alicyclic amines) is 2. The average molecular weight is 304 g/mol. The smallest absolute Gasteiger partial charge is 0.239 e. The third-order valence-corrected chi connectivity index (χ3v) is 4.82. The van der Waals surface area contributed by atoms with E-state index in [0.29, 0.717) is 11.8 Å². The zero-order valence-electron chi connectivity index (χ0n) is 12.9. The summed E-state index contributed by atoms with van der Waals surface area (Å²) in [4.78, 5) is 17.0. The molecular weight excluding hydrogens is 274 g/mol. The van der Waals surface area contributed by atoms with E-state index in [4.69, 9.17) is 5.73 Å². The van der Waals surface area contributed by atoms with Crippen LogP contribution in [0.1, 0.15) is 46.0 Å². The number of amides is 1. The van der Waals surface area contributed by atoms with Crippen molar-refractivity contribution in [2.45, 2.75) is 58.0 Å². The fraction of sp³-hybridized carbons (Fsp3) is 0.933. The van der Waals surface area contributed by atoms with E-state index in [0.717, 1.165) is 32.6 Å². The Kier molecular flexibility index (Phi) is 7.27. The largest absolute Gasteiger partial charge is 0.341 e. The van der Waals surface area contributed by atoms with Gasteiger partial charge in [0.2, 0.25) is 5.91 Å². The molecule has 2 aliphatic rings. The molecule has 5 heteroatoms. The van der Waals surface area contributed by atoms with E-state index < -0.39 is 0 Å². The van der Waals surface area contributed by atoms with Gasteiger partial charge in [0.1, 0.15) is 0 Å². The van der Waals surface area contributed by atoms with E-state index in [-0.39, 0.29) is 24.5 Å². The van der Waals surface area contributed by atoms with Gasteiger partial charge < -0.3 is 10.6 Å². The van der Waals surface area contributed by atoms with Crippen LogP contribution in [0.3, 0.4) is 0 Å². The lowest BCUT2D eigenvalue weighted by atomic mass is 10.0. The maximum absolute atomic E-state index is 12.6. The molecule has 20 heavy (non-hydrogen) atoms. The van der Waals surface area contributed by atoms with E-state index in [1.54, 1.807) is 0 Å². The van der Waals surface area contributed by atoms with E-state index in [2.05, 4.69) is 23.6 Å². The lowest BCUT2D eigenvalue weighted by Crippen LogP contribution is -2.47. The van der Waals surface area contributed by atoms with Crippen molar-refractivity contribution >= 4 is 18.3 Å². The van der Waals surface area contributed by atoms with Crippen molar-refractivity contribution in [2.75, 3.05) is 26.2 Å².